The molecule has 1 aliphatic heterocycles. The van der Waals surface area contributed by atoms with Crippen LogP contribution in [0.2, 0.25) is 0 Å². The SMILES string of the molecule is NC1CCc2nnc(-c3ccc(F)cc3F)n2C1. The summed E-state index contributed by atoms with van der Waals surface area (Å²) in [5.41, 5.74) is 6.14. The van der Waals surface area contributed by atoms with E-state index in [0.717, 1.165) is 24.7 Å². The van der Waals surface area contributed by atoms with E-state index in [1.165, 1.54) is 12.1 Å². The van der Waals surface area contributed by atoms with Crippen molar-refractivity contribution in [1.82, 2.24) is 14.8 Å². The first-order valence-corrected chi connectivity index (χ1v) is 5.78. The van der Waals surface area contributed by atoms with Crippen LogP contribution in [0, 0.1) is 11.6 Å². The Hall–Kier alpha value is -1.82. The predicted octanol–water partition coefficient (Wildman–Crippen LogP) is 1.50. The van der Waals surface area contributed by atoms with E-state index in [-0.39, 0.29) is 11.6 Å². The van der Waals surface area contributed by atoms with Gasteiger partial charge in [-0.2, -0.15) is 0 Å². The van der Waals surface area contributed by atoms with Crippen LogP contribution in [0.4, 0.5) is 8.78 Å². The fraction of sp³-hybridized carbons (Fsp3) is 0.333. The van der Waals surface area contributed by atoms with E-state index in [1.807, 2.05) is 4.57 Å². The zero-order valence-corrected chi connectivity index (χ0v) is 9.61. The maximum Gasteiger partial charge on any atom is 0.166 e. The van der Waals surface area contributed by atoms with Crippen molar-refractivity contribution in [2.75, 3.05) is 0 Å². The molecule has 0 spiro atoms. The number of nitrogens with two attached hydrogens (primary N) is 1. The number of benzene rings is 1. The lowest BCUT2D eigenvalue weighted by Gasteiger charge is -2.20. The number of fused-ring (bicyclic) bond motifs is 1. The van der Waals surface area contributed by atoms with Crippen LogP contribution in [0.1, 0.15) is 12.2 Å². The van der Waals surface area contributed by atoms with E-state index in [4.69, 9.17) is 5.73 Å². The van der Waals surface area contributed by atoms with Gasteiger partial charge in [0.2, 0.25) is 0 Å². The highest BCUT2D eigenvalue weighted by atomic mass is 19.1. The summed E-state index contributed by atoms with van der Waals surface area (Å²) in [6.45, 7) is 0.564. The molecule has 2 N–H and O–H groups in total. The molecule has 0 saturated heterocycles. The Balaban J connectivity index is 2.10. The third-order valence-corrected chi connectivity index (χ3v) is 3.16. The molecule has 6 heteroatoms. The molecule has 0 radical (unpaired) electrons. The van der Waals surface area contributed by atoms with Crippen LogP contribution in [0.5, 0.6) is 0 Å². The number of halogens is 2. The fourth-order valence-electron chi connectivity index (χ4n) is 2.22. The minimum absolute atomic E-state index is 0.0239. The van der Waals surface area contributed by atoms with Crippen molar-refractivity contribution in [3.8, 4) is 11.4 Å². The van der Waals surface area contributed by atoms with Gasteiger partial charge in [-0.25, -0.2) is 8.78 Å². The lowest BCUT2D eigenvalue weighted by Crippen LogP contribution is -2.32. The molecule has 1 atom stereocenters. The lowest BCUT2D eigenvalue weighted by molar-refractivity contribution is 0.455. The second kappa shape index (κ2) is 4.13. The van der Waals surface area contributed by atoms with E-state index < -0.39 is 11.6 Å². The quantitative estimate of drug-likeness (QED) is 0.834. The maximum atomic E-state index is 13.7. The normalized spacial score (nSPS) is 18.7. The molecule has 1 unspecified atom stereocenters. The second-order valence-electron chi connectivity index (χ2n) is 4.47. The summed E-state index contributed by atoms with van der Waals surface area (Å²) in [4.78, 5) is 0. The van der Waals surface area contributed by atoms with Crippen LogP contribution in [0.25, 0.3) is 11.4 Å². The van der Waals surface area contributed by atoms with Crippen molar-refractivity contribution in [2.24, 2.45) is 5.73 Å². The van der Waals surface area contributed by atoms with Gasteiger partial charge in [-0.1, -0.05) is 0 Å². The minimum Gasteiger partial charge on any atom is -0.326 e. The van der Waals surface area contributed by atoms with E-state index in [9.17, 15) is 8.78 Å². The standard InChI is InChI=1S/C12H12F2N4/c13-7-1-3-9(10(14)5-7)12-17-16-11-4-2-8(15)6-18(11)12/h1,3,5,8H,2,4,6,15H2. The third kappa shape index (κ3) is 1.78. The first kappa shape index (κ1) is 11.3. The van der Waals surface area contributed by atoms with E-state index >= 15 is 0 Å². The zero-order valence-electron chi connectivity index (χ0n) is 9.61. The van der Waals surface area contributed by atoms with Crippen LogP contribution in [0.15, 0.2) is 18.2 Å². The fourth-order valence-corrected chi connectivity index (χ4v) is 2.22. The molecule has 1 aromatic carbocycles. The number of aromatic nitrogens is 3. The molecule has 2 heterocycles. The molecule has 3 rings (SSSR count). The minimum atomic E-state index is -0.635. The van der Waals surface area contributed by atoms with Gasteiger partial charge in [-0.05, 0) is 18.6 Å². The Morgan fingerprint density at radius 3 is 2.89 bits per heavy atom. The number of hydrogen-bond donors (Lipinski definition) is 1. The van der Waals surface area contributed by atoms with Gasteiger partial charge in [-0.3, -0.25) is 0 Å². The average molecular weight is 250 g/mol. The molecule has 4 nitrogen and oxygen atoms in total. The van der Waals surface area contributed by atoms with Gasteiger partial charge in [0.05, 0.1) is 5.56 Å². The van der Waals surface area contributed by atoms with E-state index in [0.29, 0.717) is 12.4 Å². The zero-order chi connectivity index (χ0) is 12.7. The molecule has 94 valence electrons. The summed E-state index contributed by atoms with van der Waals surface area (Å²) in [7, 11) is 0. The molecule has 18 heavy (non-hydrogen) atoms. The second-order valence-corrected chi connectivity index (χ2v) is 4.47. The molecule has 0 aliphatic carbocycles. The molecular formula is C12H12F2N4. The summed E-state index contributed by atoms with van der Waals surface area (Å²) in [5, 5.41) is 8.02. The predicted molar refractivity (Wildman–Crippen MR) is 61.7 cm³/mol. The molecule has 0 saturated carbocycles. The highest BCUT2D eigenvalue weighted by Crippen LogP contribution is 2.25. The van der Waals surface area contributed by atoms with Crippen molar-refractivity contribution in [3.63, 3.8) is 0 Å². The van der Waals surface area contributed by atoms with Crippen LogP contribution in [-0.2, 0) is 13.0 Å². The first-order valence-electron chi connectivity index (χ1n) is 5.78. The summed E-state index contributed by atoms with van der Waals surface area (Å²) in [6.07, 6.45) is 1.58. The van der Waals surface area contributed by atoms with Crippen LogP contribution >= 0.6 is 0 Å². The topological polar surface area (TPSA) is 56.7 Å². The number of nitrogens with zero attached hydrogens (tertiary/aromatic N) is 3. The smallest absolute Gasteiger partial charge is 0.166 e. The van der Waals surface area contributed by atoms with Crippen molar-refractivity contribution >= 4 is 0 Å². The summed E-state index contributed by atoms with van der Waals surface area (Å²) < 4.78 is 28.4. The summed E-state index contributed by atoms with van der Waals surface area (Å²) >= 11 is 0. The highest BCUT2D eigenvalue weighted by Gasteiger charge is 2.22. The third-order valence-electron chi connectivity index (χ3n) is 3.16. The van der Waals surface area contributed by atoms with Gasteiger partial charge >= 0.3 is 0 Å². The van der Waals surface area contributed by atoms with Crippen LogP contribution in [-0.4, -0.2) is 20.8 Å². The Morgan fingerprint density at radius 1 is 1.28 bits per heavy atom. The molecule has 0 amide bonds. The van der Waals surface area contributed by atoms with Crippen molar-refractivity contribution in [3.05, 3.63) is 35.7 Å². The van der Waals surface area contributed by atoms with Gasteiger partial charge in [0, 0.05) is 25.1 Å². The monoisotopic (exact) mass is 250 g/mol. The van der Waals surface area contributed by atoms with Gasteiger partial charge < -0.3 is 10.3 Å². The van der Waals surface area contributed by atoms with E-state index in [1.54, 1.807) is 0 Å². The molecule has 2 aromatic rings. The van der Waals surface area contributed by atoms with Gasteiger partial charge in [0.15, 0.2) is 5.82 Å². The van der Waals surface area contributed by atoms with Crippen molar-refractivity contribution < 1.29 is 8.78 Å². The Labute approximate surface area is 102 Å². The Kier molecular flexibility index (Phi) is 2.59. The Morgan fingerprint density at radius 2 is 2.11 bits per heavy atom. The maximum absolute atomic E-state index is 13.7. The number of aryl methyl sites for hydroxylation is 1. The first-order chi connectivity index (χ1) is 8.65. The molecule has 0 bridgehead atoms. The molecular weight excluding hydrogens is 238 g/mol. The summed E-state index contributed by atoms with van der Waals surface area (Å²) in [6, 6.07) is 3.46. The van der Waals surface area contributed by atoms with Gasteiger partial charge in [0.25, 0.3) is 0 Å². The molecule has 1 aromatic heterocycles. The van der Waals surface area contributed by atoms with E-state index in [2.05, 4.69) is 10.2 Å². The average Bonchev–Trinajstić information content (AvgIpc) is 2.72. The van der Waals surface area contributed by atoms with Crippen molar-refractivity contribution in [2.45, 2.75) is 25.4 Å². The largest absolute Gasteiger partial charge is 0.326 e. The molecule has 1 aliphatic rings. The molecule has 0 fully saturated rings. The van der Waals surface area contributed by atoms with Gasteiger partial charge in [0.1, 0.15) is 17.5 Å². The summed E-state index contributed by atoms with van der Waals surface area (Å²) in [5.74, 6) is -0.0243. The van der Waals surface area contributed by atoms with Crippen LogP contribution < -0.4 is 5.73 Å². The van der Waals surface area contributed by atoms with Crippen molar-refractivity contribution in [1.29, 1.82) is 0 Å². The number of hydrogen-bond acceptors (Lipinski definition) is 3. The van der Waals surface area contributed by atoms with Gasteiger partial charge in [-0.15, -0.1) is 10.2 Å². The number of rotatable bonds is 1. The van der Waals surface area contributed by atoms with Crippen LogP contribution in [0.3, 0.4) is 0 Å². The highest BCUT2D eigenvalue weighted by molar-refractivity contribution is 5.56. The Bertz CT molecular complexity index is 594. The lowest BCUT2D eigenvalue weighted by atomic mass is 10.1.